The van der Waals surface area contributed by atoms with Gasteiger partial charge in [-0.05, 0) is 12.1 Å². The molecule has 1 unspecified atom stereocenters. The van der Waals surface area contributed by atoms with E-state index in [1.165, 1.54) is 6.20 Å². The van der Waals surface area contributed by atoms with Crippen molar-refractivity contribution in [1.82, 2.24) is 9.55 Å². The molecule has 0 spiro atoms. The quantitative estimate of drug-likeness (QED) is 0.314. The van der Waals surface area contributed by atoms with Crippen molar-refractivity contribution < 1.29 is 33.3 Å². The molecule has 2 aromatic rings. The van der Waals surface area contributed by atoms with Crippen molar-refractivity contribution in [2.24, 2.45) is 0 Å². The Hall–Kier alpha value is -2.83. The van der Waals surface area contributed by atoms with E-state index in [0.717, 1.165) is 34.9 Å². The summed E-state index contributed by atoms with van der Waals surface area (Å²) >= 11 is 0. The molecular weight excluding hydrogens is 413 g/mol. The van der Waals surface area contributed by atoms with Crippen molar-refractivity contribution in [1.29, 1.82) is 0 Å². The average molecular weight is 429 g/mol. The van der Waals surface area contributed by atoms with Crippen LogP contribution in [0.4, 0.5) is 5.69 Å². The van der Waals surface area contributed by atoms with Crippen LogP contribution in [0.1, 0.15) is 12.6 Å². The zero-order valence-corrected chi connectivity index (χ0v) is 15.5. The Morgan fingerprint density at radius 1 is 1.31 bits per heavy atom. The highest BCUT2D eigenvalue weighted by atomic mass is 31.2. The van der Waals surface area contributed by atoms with Crippen LogP contribution in [0.5, 0.6) is 5.75 Å². The first-order valence-electron chi connectivity index (χ1n) is 8.21. The van der Waals surface area contributed by atoms with E-state index in [9.17, 15) is 34.3 Å². The lowest BCUT2D eigenvalue weighted by Crippen LogP contribution is -2.31. The number of hydrogen-bond acceptors (Lipinski definition) is 9. The van der Waals surface area contributed by atoms with Gasteiger partial charge in [-0.3, -0.25) is 33.9 Å². The van der Waals surface area contributed by atoms with E-state index in [1.807, 2.05) is 0 Å². The zero-order chi connectivity index (χ0) is 21.2. The molecule has 1 saturated heterocycles. The number of ether oxygens (including phenoxy) is 1. The molecule has 0 bridgehead atoms. The second-order valence-electron chi connectivity index (χ2n) is 6.06. The van der Waals surface area contributed by atoms with Crippen molar-refractivity contribution in [3.8, 4) is 5.75 Å². The number of phosphoric acid groups is 1. The molecule has 1 aromatic carbocycles. The smallest absolute Gasteiger partial charge is 0.404 e. The van der Waals surface area contributed by atoms with Gasteiger partial charge in [0.1, 0.15) is 18.1 Å². The number of aromatic nitrogens is 2. The highest BCUT2D eigenvalue weighted by Gasteiger charge is 2.37. The van der Waals surface area contributed by atoms with Gasteiger partial charge in [-0.1, -0.05) is 0 Å². The number of non-ortho nitro benzene ring substituents is 1. The van der Waals surface area contributed by atoms with Gasteiger partial charge in [0.25, 0.3) is 11.2 Å². The van der Waals surface area contributed by atoms with Crippen LogP contribution in [0, 0.1) is 10.1 Å². The summed E-state index contributed by atoms with van der Waals surface area (Å²) in [5.74, 6) is -0.132. The Morgan fingerprint density at radius 3 is 2.62 bits per heavy atom. The number of aromatic amines is 1. The second-order valence-corrected chi connectivity index (χ2v) is 7.43. The molecule has 3 N–H and O–H groups in total. The number of benzene rings is 1. The number of H-pyrrole nitrogens is 1. The molecule has 1 aliphatic rings. The van der Waals surface area contributed by atoms with Crippen LogP contribution >= 0.6 is 7.82 Å². The van der Waals surface area contributed by atoms with Gasteiger partial charge in [-0.2, -0.15) is 0 Å². The fourth-order valence-corrected chi connectivity index (χ4v) is 3.42. The molecule has 2 heterocycles. The Balaban J connectivity index is 1.59. The van der Waals surface area contributed by atoms with Crippen LogP contribution in [-0.2, 0) is 13.8 Å². The number of nitrogens with zero attached hydrogens (tertiary/aromatic N) is 2. The van der Waals surface area contributed by atoms with Crippen LogP contribution in [0.25, 0.3) is 0 Å². The summed E-state index contributed by atoms with van der Waals surface area (Å²) in [6, 6.07) is 5.55. The summed E-state index contributed by atoms with van der Waals surface area (Å²) in [5.41, 5.74) is -1.54. The lowest BCUT2D eigenvalue weighted by molar-refractivity contribution is -0.384. The molecule has 0 amide bonds. The Bertz CT molecular complexity index is 1050. The lowest BCUT2D eigenvalue weighted by Gasteiger charge is -2.18. The molecule has 3 rings (SSSR count). The summed E-state index contributed by atoms with van der Waals surface area (Å²) in [6.07, 6.45) is -1.87. The molecule has 14 heteroatoms. The molecule has 0 saturated carbocycles. The maximum Gasteiger partial charge on any atom is 0.527 e. The topological polar surface area (TPSA) is 183 Å². The largest absolute Gasteiger partial charge is 0.527 e. The van der Waals surface area contributed by atoms with E-state index in [2.05, 4.69) is 4.98 Å². The van der Waals surface area contributed by atoms with Gasteiger partial charge in [-0.15, -0.1) is 0 Å². The third kappa shape index (κ3) is 5.16. The van der Waals surface area contributed by atoms with E-state index in [4.69, 9.17) is 13.8 Å². The number of phosphoric ester groups is 1. The lowest BCUT2D eigenvalue weighted by atomic mass is 10.2. The molecule has 4 atom stereocenters. The molecule has 13 nitrogen and oxygen atoms in total. The SMILES string of the molecule is O=c1ccn([C@H]2C[C@H](O)[C@@H](COP(=O)(O)Oc3ccc([N+](=O)[O-])cc3)O2)c(=O)[nH]1. The second kappa shape index (κ2) is 8.27. The Morgan fingerprint density at radius 2 is 2.00 bits per heavy atom. The van der Waals surface area contributed by atoms with E-state index < -0.39 is 49.0 Å². The highest BCUT2D eigenvalue weighted by molar-refractivity contribution is 7.47. The third-order valence-corrected chi connectivity index (χ3v) is 4.95. The predicted molar refractivity (Wildman–Crippen MR) is 95.4 cm³/mol. The van der Waals surface area contributed by atoms with Crippen LogP contribution in [0.3, 0.4) is 0 Å². The zero-order valence-electron chi connectivity index (χ0n) is 14.6. The maximum atomic E-state index is 12.1. The number of hydrogen-bond donors (Lipinski definition) is 3. The van der Waals surface area contributed by atoms with Crippen molar-refractivity contribution >= 4 is 13.5 Å². The van der Waals surface area contributed by atoms with E-state index >= 15 is 0 Å². The summed E-state index contributed by atoms with van der Waals surface area (Å²) in [6.45, 7) is -0.531. The van der Waals surface area contributed by atoms with Crippen molar-refractivity contribution in [2.75, 3.05) is 6.61 Å². The van der Waals surface area contributed by atoms with E-state index in [1.54, 1.807) is 0 Å². The third-order valence-electron chi connectivity index (χ3n) is 4.04. The molecule has 1 aliphatic heterocycles. The fourth-order valence-electron chi connectivity index (χ4n) is 2.65. The van der Waals surface area contributed by atoms with Crippen LogP contribution in [0.2, 0.25) is 0 Å². The maximum absolute atomic E-state index is 12.1. The van der Waals surface area contributed by atoms with Gasteiger partial charge in [0.05, 0.1) is 17.6 Å². The number of rotatable bonds is 7. The molecule has 1 aromatic heterocycles. The summed E-state index contributed by atoms with van der Waals surface area (Å²) in [7, 11) is -4.62. The normalized spacial score (nSPS) is 23.4. The van der Waals surface area contributed by atoms with Crippen LogP contribution in [0.15, 0.2) is 46.1 Å². The number of nitrogens with one attached hydrogen (secondary N) is 1. The van der Waals surface area contributed by atoms with Gasteiger partial charge < -0.3 is 14.4 Å². The Kier molecular flexibility index (Phi) is 5.96. The van der Waals surface area contributed by atoms with Crippen LogP contribution in [-0.4, -0.2) is 43.3 Å². The molecule has 1 fully saturated rings. The van der Waals surface area contributed by atoms with Crippen LogP contribution < -0.4 is 15.8 Å². The molecule has 0 radical (unpaired) electrons. The van der Waals surface area contributed by atoms with E-state index in [-0.39, 0.29) is 17.9 Å². The highest BCUT2D eigenvalue weighted by Crippen LogP contribution is 2.45. The molecule has 29 heavy (non-hydrogen) atoms. The van der Waals surface area contributed by atoms with Gasteiger partial charge in [0.2, 0.25) is 0 Å². The number of nitro benzene ring substituents is 1. The summed E-state index contributed by atoms with van der Waals surface area (Å²) < 4.78 is 28.2. The first kappa shape index (κ1) is 20.9. The average Bonchev–Trinajstić information content (AvgIpc) is 3.00. The predicted octanol–water partition coefficient (Wildman–Crippen LogP) is 0.289. The summed E-state index contributed by atoms with van der Waals surface area (Å²) in [5, 5.41) is 20.7. The van der Waals surface area contributed by atoms with E-state index in [0.29, 0.717) is 0 Å². The molecular formula is C15H16N3O10P. The minimum Gasteiger partial charge on any atom is -0.404 e. The van der Waals surface area contributed by atoms with Gasteiger partial charge in [0.15, 0.2) is 0 Å². The molecule has 0 aliphatic carbocycles. The van der Waals surface area contributed by atoms with Crippen molar-refractivity contribution in [2.45, 2.75) is 24.9 Å². The summed E-state index contributed by atoms with van der Waals surface area (Å²) in [4.78, 5) is 44.7. The Labute approximate surface area is 161 Å². The minimum atomic E-state index is -4.62. The monoisotopic (exact) mass is 429 g/mol. The number of nitro groups is 1. The van der Waals surface area contributed by atoms with Gasteiger partial charge in [0, 0.05) is 30.8 Å². The number of aliphatic hydroxyl groups excluding tert-OH is 1. The minimum absolute atomic E-state index is 0.0150. The van der Waals surface area contributed by atoms with Gasteiger partial charge >= 0.3 is 13.5 Å². The first-order valence-corrected chi connectivity index (χ1v) is 9.70. The van der Waals surface area contributed by atoms with Crippen molar-refractivity contribution in [3.63, 3.8) is 0 Å². The standard InChI is InChI=1S/C15H16N3O10P/c19-11-7-14(17-6-5-13(20)16-15(17)21)27-12(11)8-26-29(24,25)28-10-3-1-9(2-4-10)18(22)23/h1-6,11-12,14,19H,7-8H2,(H,24,25)(H,16,20,21)/t11-,12+,14+/m0/s1. The van der Waals surface area contributed by atoms with Gasteiger partial charge in [-0.25, -0.2) is 9.36 Å². The van der Waals surface area contributed by atoms with Crippen molar-refractivity contribution in [3.05, 3.63) is 67.5 Å². The first-order chi connectivity index (χ1) is 13.6. The fraction of sp³-hybridized carbons (Fsp3) is 0.333. The molecule has 156 valence electrons. The number of aliphatic hydroxyl groups is 1.